The number of fused-ring (bicyclic) bond motifs is 1. The number of nitro benzene ring substituents is 1. The van der Waals surface area contributed by atoms with E-state index in [9.17, 15) is 19.3 Å². The van der Waals surface area contributed by atoms with E-state index < -0.39 is 16.4 Å². The number of hydrogen-bond acceptors (Lipinski definition) is 3. The van der Waals surface area contributed by atoms with Gasteiger partial charge in [-0.2, -0.15) is 4.39 Å². The van der Waals surface area contributed by atoms with E-state index in [0.717, 1.165) is 18.6 Å². The molecular formula is C11H11FN2O3. The first kappa shape index (κ1) is 11.5. The molecule has 5 nitrogen and oxygen atoms in total. The van der Waals surface area contributed by atoms with Gasteiger partial charge in [0.25, 0.3) is 0 Å². The van der Waals surface area contributed by atoms with Crippen LogP contribution >= 0.6 is 0 Å². The molecule has 0 bridgehead atoms. The Balaban J connectivity index is 2.57. The van der Waals surface area contributed by atoms with Crippen molar-refractivity contribution >= 4 is 17.8 Å². The minimum atomic E-state index is -0.853. The second kappa shape index (κ2) is 4.12. The fourth-order valence-electron chi connectivity index (χ4n) is 2.07. The summed E-state index contributed by atoms with van der Waals surface area (Å²) in [6.07, 6.45) is 1.98. The maximum atomic E-state index is 13.4. The van der Waals surface area contributed by atoms with Gasteiger partial charge in [-0.25, -0.2) is 0 Å². The number of rotatable bonds is 2. The Hall–Kier alpha value is -1.98. The van der Waals surface area contributed by atoms with Crippen molar-refractivity contribution in [2.75, 3.05) is 4.90 Å². The Morgan fingerprint density at radius 1 is 1.59 bits per heavy atom. The van der Waals surface area contributed by atoms with Gasteiger partial charge in [-0.1, -0.05) is 0 Å². The van der Waals surface area contributed by atoms with Crippen molar-refractivity contribution in [1.29, 1.82) is 0 Å². The van der Waals surface area contributed by atoms with Crippen LogP contribution < -0.4 is 4.90 Å². The van der Waals surface area contributed by atoms with E-state index >= 15 is 0 Å². The molecule has 1 aliphatic rings. The van der Waals surface area contributed by atoms with Gasteiger partial charge in [0, 0.05) is 12.1 Å². The summed E-state index contributed by atoms with van der Waals surface area (Å²) >= 11 is 0. The monoisotopic (exact) mass is 238 g/mol. The lowest BCUT2D eigenvalue weighted by Crippen LogP contribution is -2.36. The quantitative estimate of drug-likeness (QED) is 0.450. The molecule has 17 heavy (non-hydrogen) atoms. The van der Waals surface area contributed by atoms with Gasteiger partial charge in [-0.15, -0.1) is 0 Å². The van der Waals surface area contributed by atoms with Crippen molar-refractivity contribution in [3.63, 3.8) is 0 Å². The van der Waals surface area contributed by atoms with Gasteiger partial charge in [0.15, 0.2) is 0 Å². The molecule has 0 aliphatic carbocycles. The lowest BCUT2D eigenvalue weighted by Gasteiger charge is -2.31. The van der Waals surface area contributed by atoms with Gasteiger partial charge < -0.3 is 4.90 Å². The first-order valence-electron chi connectivity index (χ1n) is 5.25. The second-order valence-corrected chi connectivity index (χ2v) is 4.09. The second-order valence-electron chi connectivity index (χ2n) is 4.09. The Morgan fingerprint density at radius 2 is 2.29 bits per heavy atom. The van der Waals surface area contributed by atoms with E-state index in [1.54, 1.807) is 0 Å². The summed E-state index contributed by atoms with van der Waals surface area (Å²) in [7, 11) is 0. The molecule has 1 aromatic rings. The van der Waals surface area contributed by atoms with Crippen molar-refractivity contribution < 1.29 is 14.1 Å². The minimum Gasteiger partial charge on any atom is -0.312 e. The fraction of sp³-hybridized carbons (Fsp3) is 0.364. The SMILES string of the molecule is CC1CCc2cc(F)c([N+](=O)[O-])cc2N1C=O. The molecule has 0 fully saturated rings. The van der Waals surface area contributed by atoms with Crippen molar-refractivity contribution in [2.45, 2.75) is 25.8 Å². The topological polar surface area (TPSA) is 63.5 Å². The van der Waals surface area contributed by atoms with Gasteiger partial charge in [-0.05, 0) is 31.4 Å². The molecule has 6 heteroatoms. The van der Waals surface area contributed by atoms with Crippen LogP contribution in [0.25, 0.3) is 0 Å². The molecule has 1 aromatic carbocycles. The normalized spacial score (nSPS) is 18.7. The Bertz CT molecular complexity index is 490. The molecule has 0 saturated carbocycles. The average Bonchev–Trinajstić information content (AvgIpc) is 2.28. The minimum absolute atomic E-state index is 0.0231. The third-order valence-corrected chi connectivity index (χ3v) is 3.04. The number of halogens is 1. The number of aryl methyl sites for hydroxylation is 1. The predicted octanol–water partition coefficient (Wildman–Crippen LogP) is 2.03. The lowest BCUT2D eigenvalue weighted by molar-refractivity contribution is -0.387. The molecular weight excluding hydrogens is 227 g/mol. The van der Waals surface area contributed by atoms with E-state index in [1.807, 2.05) is 6.92 Å². The largest absolute Gasteiger partial charge is 0.312 e. The number of amides is 1. The van der Waals surface area contributed by atoms with Crippen molar-refractivity contribution in [3.05, 3.63) is 33.6 Å². The molecule has 0 spiro atoms. The van der Waals surface area contributed by atoms with Gasteiger partial charge in [0.1, 0.15) is 0 Å². The molecule has 0 aromatic heterocycles. The zero-order valence-electron chi connectivity index (χ0n) is 9.22. The number of benzene rings is 1. The predicted molar refractivity (Wildman–Crippen MR) is 59.4 cm³/mol. The fourth-order valence-corrected chi connectivity index (χ4v) is 2.07. The summed E-state index contributed by atoms with van der Waals surface area (Å²) in [6.45, 7) is 1.85. The Labute approximate surface area is 97.0 Å². The summed E-state index contributed by atoms with van der Waals surface area (Å²) in [5.74, 6) is -0.853. The van der Waals surface area contributed by atoms with Gasteiger partial charge in [-0.3, -0.25) is 14.9 Å². The van der Waals surface area contributed by atoms with Gasteiger partial charge in [0.2, 0.25) is 12.2 Å². The smallest absolute Gasteiger partial charge is 0.306 e. The standard InChI is InChI=1S/C11H11FN2O3/c1-7-2-3-8-4-9(12)11(14(16)17)5-10(8)13(7)6-15/h4-7H,2-3H2,1H3. The molecule has 1 amide bonds. The van der Waals surface area contributed by atoms with E-state index in [-0.39, 0.29) is 6.04 Å². The highest BCUT2D eigenvalue weighted by molar-refractivity contribution is 5.80. The number of carbonyl (C=O) groups excluding carboxylic acids is 1. The molecule has 1 aliphatic heterocycles. The molecule has 90 valence electrons. The van der Waals surface area contributed by atoms with Crippen LogP contribution in [0, 0.1) is 15.9 Å². The molecule has 1 heterocycles. The van der Waals surface area contributed by atoms with Crippen LogP contribution in [0.4, 0.5) is 15.8 Å². The summed E-state index contributed by atoms with van der Waals surface area (Å²) in [6, 6.07) is 2.26. The van der Waals surface area contributed by atoms with E-state index in [1.165, 1.54) is 4.90 Å². The summed E-state index contributed by atoms with van der Waals surface area (Å²) in [5, 5.41) is 10.6. The third-order valence-electron chi connectivity index (χ3n) is 3.04. The molecule has 0 radical (unpaired) electrons. The Morgan fingerprint density at radius 3 is 2.88 bits per heavy atom. The zero-order chi connectivity index (χ0) is 12.6. The lowest BCUT2D eigenvalue weighted by atomic mass is 9.96. The Kier molecular flexibility index (Phi) is 2.79. The first-order valence-corrected chi connectivity index (χ1v) is 5.25. The van der Waals surface area contributed by atoms with Crippen LogP contribution in [0.3, 0.4) is 0 Å². The molecule has 1 atom stereocenters. The number of carbonyl (C=O) groups is 1. The number of nitrogens with zero attached hydrogens (tertiary/aromatic N) is 2. The van der Waals surface area contributed by atoms with Crippen LogP contribution in [0.5, 0.6) is 0 Å². The van der Waals surface area contributed by atoms with E-state index in [2.05, 4.69) is 0 Å². The van der Waals surface area contributed by atoms with Crippen LogP contribution in [0.1, 0.15) is 18.9 Å². The maximum absolute atomic E-state index is 13.4. The highest BCUT2D eigenvalue weighted by Gasteiger charge is 2.27. The summed E-state index contributed by atoms with van der Waals surface area (Å²) in [4.78, 5) is 22.2. The number of nitro groups is 1. The molecule has 0 saturated heterocycles. The van der Waals surface area contributed by atoms with Crippen LogP contribution in [-0.2, 0) is 11.2 Å². The third kappa shape index (κ3) is 1.86. The first-order chi connectivity index (χ1) is 8.04. The molecule has 1 unspecified atom stereocenters. The van der Waals surface area contributed by atoms with Crippen LogP contribution in [0.2, 0.25) is 0 Å². The van der Waals surface area contributed by atoms with Crippen molar-refractivity contribution in [1.82, 2.24) is 0 Å². The highest BCUT2D eigenvalue weighted by atomic mass is 19.1. The van der Waals surface area contributed by atoms with E-state index in [4.69, 9.17) is 0 Å². The van der Waals surface area contributed by atoms with Crippen LogP contribution in [-0.4, -0.2) is 17.4 Å². The number of hydrogen-bond donors (Lipinski definition) is 0. The average molecular weight is 238 g/mol. The summed E-state index contributed by atoms with van der Waals surface area (Å²) in [5.41, 5.74) is 0.481. The van der Waals surface area contributed by atoms with E-state index in [0.29, 0.717) is 24.1 Å². The maximum Gasteiger partial charge on any atom is 0.306 e. The van der Waals surface area contributed by atoms with Crippen molar-refractivity contribution in [2.24, 2.45) is 0 Å². The van der Waals surface area contributed by atoms with Crippen LogP contribution in [0.15, 0.2) is 12.1 Å². The highest BCUT2D eigenvalue weighted by Crippen LogP contribution is 2.34. The summed E-state index contributed by atoms with van der Waals surface area (Å²) < 4.78 is 13.4. The molecule has 0 N–H and O–H groups in total. The zero-order valence-corrected chi connectivity index (χ0v) is 9.22. The number of anilines is 1. The molecule has 2 rings (SSSR count). The van der Waals surface area contributed by atoms with Gasteiger partial charge in [0.05, 0.1) is 10.6 Å². The van der Waals surface area contributed by atoms with Gasteiger partial charge >= 0.3 is 5.69 Å². The van der Waals surface area contributed by atoms with Crippen molar-refractivity contribution in [3.8, 4) is 0 Å².